The lowest BCUT2D eigenvalue weighted by Crippen LogP contribution is -2.30. The van der Waals surface area contributed by atoms with Gasteiger partial charge < -0.3 is 14.8 Å². The number of aromatic nitrogens is 2. The van der Waals surface area contributed by atoms with Crippen molar-refractivity contribution in [1.82, 2.24) is 14.7 Å². The first kappa shape index (κ1) is 12.1. The highest BCUT2D eigenvalue weighted by Crippen LogP contribution is 2.04. The molecule has 4 nitrogen and oxygen atoms in total. The molecule has 0 amide bonds. The maximum absolute atomic E-state index is 9.66. The smallest absolute Gasteiger partial charge is 0.137 e. The van der Waals surface area contributed by atoms with Crippen LogP contribution in [0.25, 0.3) is 5.65 Å². The third-order valence-corrected chi connectivity index (χ3v) is 2.84. The summed E-state index contributed by atoms with van der Waals surface area (Å²) in [6, 6.07) is 5.93. The molecular formula is C13H19N3O. The fourth-order valence-electron chi connectivity index (χ4n) is 1.66. The van der Waals surface area contributed by atoms with Gasteiger partial charge in [0.05, 0.1) is 11.8 Å². The van der Waals surface area contributed by atoms with Crippen LogP contribution in [0.4, 0.5) is 0 Å². The highest BCUT2D eigenvalue weighted by Gasteiger charge is 2.08. The molecule has 0 spiro atoms. The normalized spacial score (nSPS) is 13.4. The summed E-state index contributed by atoms with van der Waals surface area (Å²) in [6.45, 7) is 5.31. The van der Waals surface area contributed by atoms with Gasteiger partial charge in [-0.2, -0.15) is 0 Å². The van der Waals surface area contributed by atoms with Gasteiger partial charge in [-0.3, -0.25) is 0 Å². The predicted molar refractivity (Wildman–Crippen MR) is 67.7 cm³/mol. The van der Waals surface area contributed by atoms with Crippen molar-refractivity contribution in [3.63, 3.8) is 0 Å². The summed E-state index contributed by atoms with van der Waals surface area (Å²) in [7, 11) is 0. The lowest BCUT2D eigenvalue weighted by Gasteiger charge is -2.14. The molecule has 2 heterocycles. The van der Waals surface area contributed by atoms with Crippen LogP contribution in [0.3, 0.4) is 0 Å². The zero-order valence-electron chi connectivity index (χ0n) is 10.3. The zero-order valence-corrected chi connectivity index (χ0v) is 10.3. The Morgan fingerprint density at radius 3 is 2.94 bits per heavy atom. The maximum Gasteiger partial charge on any atom is 0.137 e. The van der Waals surface area contributed by atoms with Crippen LogP contribution in [0.1, 0.15) is 19.5 Å². The number of imidazole rings is 1. The van der Waals surface area contributed by atoms with Gasteiger partial charge in [-0.05, 0) is 18.1 Å². The molecule has 2 aromatic heterocycles. The molecule has 0 bridgehead atoms. The third-order valence-electron chi connectivity index (χ3n) is 2.84. The molecule has 2 rings (SSSR count). The molecule has 0 aromatic carbocycles. The molecule has 2 aromatic rings. The second-order valence-corrected chi connectivity index (χ2v) is 4.64. The van der Waals surface area contributed by atoms with E-state index in [-0.39, 0.29) is 12.0 Å². The van der Waals surface area contributed by atoms with Gasteiger partial charge in [0.25, 0.3) is 0 Å². The van der Waals surface area contributed by atoms with E-state index in [0.717, 1.165) is 11.3 Å². The van der Waals surface area contributed by atoms with Crippen LogP contribution in [-0.4, -0.2) is 27.1 Å². The van der Waals surface area contributed by atoms with Crippen molar-refractivity contribution in [2.75, 3.05) is 6.54 Å². The molecule has 1 unspecified atom stereocenters. The van der Waals surface area contributed by atoms with Gasteiger partial charge in [0.15, 0.2) is 0 Å². The molecule has 0 aliphatic rings. The standard InChI is InChI=1S/C13H19N3O/c1-10(2)12(17)8-14-7-11-9-16-6-4-3-5-13(16)15-11/h3-6,9-10,12,14,17H,7-8H2,1-2H3. The van der Waals surface area contributed by atoms with Gasteiger partial charge in [-0.15, -0.1) is 0 Å². The third kappa shape index (κ3) is 3.05. The van der Waals surface area contributed by atoms with E-state index in [1.165, 1.54) is 0 Å². The van der Waals surface area contributed by atoms with Gasteiger partial charge >= 0.3 is 0 Å². The molecule has 0 fully saturated rings. The van der Waals surface area contributed by atoms with Gasteiger partial charge in [-0.25, -0.2) is 4.98 Å². The largest absolute Gasteiger partial charge is 0.392 e. The zero-order chi connectivity index (χ0) is 12.3. The monoisotopic (exact) mass is 233 g/mol. The molecule has 17 heavy (non-hydrogen) atoms. The van der Waals surface area contributed by atoms with Crippen LogP contribution in [0, 0.1) is 5.92 Å². The van der Waals surface area contributed by atoms with E-state index < -0.39 is 0 Å². The number of rotatable bonds is 5. The molecule has 2 N–H and O–H groups in total. The van der Waals surface area contributed by atoms with E-state index in [9.17, 15) is 5.11 Å². The number of nitrogens with one attached hydrogen (secondary N) is 1. The molecule has 0 saturated heterocycles. The summed E-state index contributed by atoms with van der Waals surface area (Å²) in [6.07, 6.45) is 3.69. The summed E-state index contributed by atoms with van der Waals surface area (Å²) >= 11 is 0. The highest BCUT2D eigenvalue weighted by molar-refractivity contribution is 5.39. The van der Waals surface area contributed by atoms with Crippen LogP contribution in [-0.2, 0) is 6.54 Å². The lowest BCUT2D eigenvalue weighted by atomic mass is 10.1. The van der Waals surface area contributed by atoms with Crippen LogP contribution >= 0.6 is 0 Å². The van der Waals surface area contributed by atoms with E-state index in [2.05, 4.69) is 10.3 Å². The number of hydrogen-bond donors (Lipinski definition) is 2. The SMILES string of the molecule is CC(C)C(O)CNCc1cn2ccccc2n1. The highest BCUT2D eigenvalue weighted by atomic mass is 16.3. The van der Waals surface area contributed by atoms with Crippen molar-refractivity contribution < 1.29 is 5.11 Å². The van der Waals surface area contributed by atoms with Crippen LogP contribution < -0.4 is 5.32 Å². The lowest BCUT2D eigenvalue weighted by molar-refractivity contribution is 0.123. The average Bonchev–Trinajstić information content (AvgIpc) is 2.71. The van der Waals surface area contributed by atoms with Crippen LogP contribution in [0.5, 0.6) is 0 Å². The molecule has 0 aliphatic heterocycles. The summed E-state index contributed by atoms with van der Waals surface area (Å²) in [5.41, 5.74) is 1.95. The van der Waals surface area contributed by atoms with Crippen molar-refractivity contribution >= 4 is 5.65 Å². The number of aliphatic hydroxyl groups excluding tert-OH is 1. The first-order valence-corrected chi connectivity index (χ1v) is 5.98. The Bertz CT molecular complexity index is 445. The molecule has 1 atom stereocenters. The summed E-state index contributed by atoms with van der Waals surface area (Å²) < 4.78 is 2.00. The van der Waals surface area contributed by atoms with Gasteiger partial charge in [0.1, 0.15) is 5.65 Å². The minimum Gasteiger partial charge on any atom is -0.392 e. The van der Waals surface area contributed by atoms with E-state index in [1.54, 1.807) is 0 Å². The quantitative estimate of drug-likeness (QED) is 0.821. The number of hydrogen-bond acceptors (Lipinski definition) is 3. The molecule has 0 aliphatic carbocycles. The fraction of sp³-hybridized carbons (Fsp3) is 0.462. The Kier molecular flexibility index (Phi) is 3.76. The van der Waals surface area contributed by atoms with E-state index in [1.807, 2.05) is 48.8 Å². The second-order valence-electron chi connectivity index (χ2n) is 4.64. The molecular weight excluding hydrogens is 214 g/mol. The Balaban J connectivity index is 1.91. The minimum atomic E-state index is -0.299. The van der Waals surface area contributed by atoms with Crippen molar-refractivity contribution in [3.8, 4) is 0 Å². The van der Waals surface area contributed by atoms with E-state index in [4.69, 9.17) is 0 Å². The molecule has 0 radical (unpaired) electrons. The first-order valence-electron chi connectivity index (χ1n) is 5.98. The average molecular weight is 233 g/mol. The second kappa shape index (κ2) is 5.29. The fourth-order valence-corrected chi connectivity index (χ4v) is 1.66. The number of nitrogens with zero attached hydrogens (tertiary/aromatic N) is 2. The van der Waals surface area contributed by atoms with Crippen LogP contribution in [0.15, 0.2) is 30.6 Å². The van der Waals surface area contributed by atoms with E-state index >= 15 is 0 Å². The van der Waals surface area contributed by atoms with E-state index in [0.29, 0.717) is 13.1 Å². The Morgan fingerprint density at radius 1 is 1.41 bits per heavy atom. The van der Waals surface area contributed by atoms with Gasteiger partial charge in [0, 0.05) is 25.5 Å². The van der Waals surface area contributed by atoms with Gasteiger partial charge in [-0.1, -0.05) is 19.9 Å². The summed E-state index contributed by atoms with van der Waals surface area (Å²) in [5.74, 6) is 0.281. The summed E-state index contributed by atoms with van der Waals surface area (Å²) in [5, 5.41) is 12.9. The number of aliphatic hydroxyl groups is 1. The Morgan fingerprint density at radius 2 is 2.24 bits per heavy atom. The Hall–Kier alpha value is -1.39. The topological polar surface area (TPSA) is 49.6 Å². The molecule has 92 valence electrons. The maximum atomic E-state index is 9.66. The van der Waals surface area contributed by atoms with Gasteiger partial charge in [0.2, 0.25) is 0 Å². The van der Waals surface area contributed by atoms with Crippen molar-refractivity contribution in [1.29, 1.82) is 0 Å². The van der Waals surface area contributed by atoms with Crippen molar-refractivity contribution in [3.05, 3.63) is 36.3 Å². The Labute approximate surface area is 101 Å². The first-order chi connectivity index (χ1) is 8.16. The van der Waals surface area contributed by atoms with Crippen molar-refractivity contribution in [2.24, 2.45) is 5.92 Å². The minimum absolute atomic E-state index is 0.281. The number of fused-ring (bicyclic) bond motifs is 1. The van der Waals surface area contributed by atoms with Crippen molar-refractivity contribution in [2.45, 2.75) is 26.5 Å². The van der Waals surface area contributed by atoms with Crippen LogP contribution in [0.2, 0.25) is 0 Å². The molecule has 0 saturated carbocycles. The number of pyridine rings is 1. The summed E-state index contributed by atoms with van der Waals surface area (Å²) in [4.78, 5) is 4.47. The molecule has 4 heteroatoms. The predicted octanol–water partition coefficient (Wildman–Crippen LogP) is 1.44.